The number of nitrogens with two attached hydrogens (primary N) is 1. The maximum atomic E-state index is 5.50. The third-order valence-electron chi connectivity index (χ3n) is 2.51. The van der Waals surface area contributed by atoms with Gasteiger partial charge in [-0.25, -0.2) is 0 Å². The van der Waals surface area contributed by atoms with Gasteiger partial charge < -0.3 is 5.73 Å². The van der Waals surface area contributed by atoms with Crippen LogP contribution in [-0.4, -0.2) is 16.7 Å². The van der Waals surface area contributed by atoms with E-state index in [0.717, 1.165) is 16.4 Å². The summed E-state index contributed by atoms with van der Waals surface area (Å²) in [7, 11) is 0. The first-order valence-corrected chi connectivity index (χ1v) is 6.20. The van der Waals surface area contributed by atoms with Crippen LogP contribution in [0, 0.1) is 0 Å². The largest absolute Gasteiger partial charge is 0.330 e. The second-order valence-electron chi connectivity index (χ2n) is 3.71. The Morgan fingerprint density at radius 3 is 2.69 bits per heavy atom. The zero-order valence-electron chi connectivity index (χ0n) is 9.26. The van der Waals surface area contributed by atoms with Gasteiger partial charge in [0.2, 0.25) is 0 Å². The van der Waals surface area contributed by atoms with Crippen molar-refractivity contribution in [1.82, 2.24) is 10.2 Å². The Morgan fingerprint density at radius 2 is 2.00 bits per heavy atom. The van der Waals surface area contributed by atoms with E-state index in [9.17, 15) is 0 Å². The average Bonchev–Trinajstić information content (AvgIpc) is 2.78. The Kier molecular flexibility index (Phi) is 3.64. The van der Waals surface area contributed by atoms with Crippen LogP contribution >= 0.6 is 11.3 Å². The summed E-state index contributed by atoms with van der Waals surface area (Å²) in [5, 5.41) is 10.5. The molecule has 3 nitrogen and oxygen atoms in total. The molecule has 84 valence electrons. The average molecular weight is 233 g/mol. The van der Waals surface area contributed by atoms with E-state index in [1.807, 2.05) is 18.2 Å². The fraction of sp³-hybridized carbons (Fsp3) is 0.333. The molecule has 2 rings (SSSR count). The minimum Gasteiger partial charge on any atom is -0.330 e. The topological polar surface area (TPSA) is 51.8 Å². The van der Waals surface area contributed by atoms with Gasteiger partial charge in [0.05, 0.1) is 0 Å². The molecule has 0 fully saturated rings. The van der Waals surface area contributed by atoms with Crippen molar-refractivity contribution in [1.29, 1.82) is 0 Å². The highest BCUT2D eigenvalue weighted by molar-refractivity contribution is 7.11. The predicted molar refractivity (Wildman–Crippen MR) is 66.6 cm³/mol. The molecule has 1 unspecified atom stereocenters. The third kappa shape index (κ3) is 2.46. The molecular weight excluding hydrogens is 218 g/mol. The first-order chi connectivity index (χ1) is 7.81. The highest BCUT2D eigenvalue weighted by atomic mass is 32.1. The van der Waals surface area contributed by atoms with Gasteiger partial charge in [0.1, 0.15) is 10.0 Å². The summed E-state index contributed by atoms with van der Waals surface area (Å²) in [6, 6.07) is 10.4. The summed E-state index contributed by atoms with van der Waals surface area (Å²) in [4.78, 5) is 0. The van der Waals surface area contributed by atoms with Crippen LogP contribution in [0.2, 0.25) is 0 Å². The van der Waals surface area contributed by atoms with Gasteiger partial charge in [-0.2, -0.15) is 0 Å². The zero-order chi connectivity index (χ0) is 11.4. The van der Waals surface area contributed by atoms with E-state index in [1.54, 1.807) is 11.3 Å². The van der Waals surface area contributed by atoms with E-state index < -0.39 is 0 Å². The highest BCUT2D eigenvalue weighted by Crippen LogP contribution is 2.26. The Balaban J connectivity index is 2.17. The molecule has 0 saturated carbocycles. The van der Waals surface area contributed by atoms with Crippen molar-refractivity contribution >= 4 is 11.3 Å². The van der Waals surface area contributed by atoms with E-state index >= 15 is 0 Å². The van der Waals surface area contributed by atoms with Gasteiger partial charge in [0.25, 0.3) is 0 Å². The van der Waals surface area contributed by atoms with Crippen LogP contribution < -0.4 is 5.73 Å². The second-order valence-corrected chi connectivity index (χ2v) is 4.80. The summed E-state index contributed by atoms with van der Waals surface area (Å²) in [5.74, 6) is 0.310. The number of benzene rings is 1. The molecule has 1 atom stereocenters. The van der Waals surface area contributed by atoms with Crippen molar-refractivity contribution < 1.29 is 0 Å². The van der Waals surface area contributed by atoms with Crippen LogP contribution in [0.5, 0.6) is 0 Å². The van der Waals surface area contributed by atoms with E-state index in [2.05, 4.69) is 29.3 Å². The summed E-state index contributed by atoms with van der Waals surface area (Å²) in [5.41, 5.74) is 6.77. The normalized spacial score (nSPS) is 12.6. The van der Waals surface area contributed by atoms with Gasteiger partial charge in [-0.3, -0.25) is 0 Å². The van der Waals surface area contributed by atoms with Crippen molar-refractivity contribution in [3.8, 4) is 0 Å². The fourth-order valence-electron chi connectivity index (χ4n) is 1.55. The lowest BCUT2D eigenvalue weighted by molar-refractivity contribution is 0.847. The molecule has 0 aliphatic heterocycles. The van der Waals surface area contributed by atoms with Gasteiger partial charge in [-0.15, -0.1) is 21.5 Å². The lowest BCUT2D eigenvalue weighted by atomic mass is 10.0. The predicted octanol–water partition coefficient (Wildman–Crippen LogP) is 2.19. The van der Waals surface area contributed by atoms with Crippen LogP contribution in [-0.2, 0) is 6.42 Å². The van der Waals surface area contributed by atoms with Crippen LogP contribution in [0.25, 0.3) is 0 Å². The lowest BCUT2D eigenvalue weighted by Crippen LogP contribution is -2.01. The standard InChI is InChI=1S/C12H15N3S/c1-9(10-5-3-2-4-6-10)12-15-14-11(16-12)7-8-13/h2-6,9H,7-8,13H2,1H3. The van der Waals surface area contributed by atoms with Gasteiger partial charge in [0, 0.05) is 12.3 Å². The second kappa shape index (κ2) is 5.18. The number of hydrogen-bond acceptors (Lipinski definition) is 4. The van der Waals surface area contributed by atoms with E-state index in [1.165, 1.54) is 5.56 Å². The van der Waals surface area contributed by atoms with Gasteiger partial charge in [-0.05, 0) is 12.1 Å². The molecule has 2 N–H and O–H groups in total. The van der Waals surface area contributed by atoms with Crippen molar-refractivity contribution in [3.05, 3.63) is 45.9 Å². The first kappa shape index (κ1) is 11.2. The van der Waals surface area contributed by atoms with E-state index in [0.29, 0.717) is 12.5 Å². The fourth-order valence-corrected chi connectivity index (χ4v) is 2.49. The van der Waals surface area contributed by atoms with Crippen molar-refractivity contribution in [2.75, 3.05) is 6.54 Å². The Morgan fingerprint density at radius 1 is 1.25 bits per heavy atom. The quantitative estimate of drug-likeness (QED) is 0.880. The Labute approximate surface area is 99.3 Å². The van der Waals surface area contributed by atoms with Gasteiger partial charge in [-0.1, -0.05) is 37.3 Å². The number of hydrogen-bond donors (Lipinski definition) is 1. The summed E-state index contributed by atoms with van der Waals surface area (Å²) >= 11 is 1.66. The molecule has 0 aliphatic rings. The minimum atomic E-state index is 0.310. The summed E-state index contributed by atoms with van der Waals surface area (Å²) in [6.45, 7) is 2.79. The zero-order valence-corrected chi connectivity index (χ0v) is 10.1. The molecular formula is C12H15N3S. The highest BCUT2D eigenvalue weighted by Gasteiger charge is 2.13. The molecule has 0 radical (unpaired) electrons. The summed E-state index contributed by atoms with van der Waals surface area (Å²) in [6.07, 6.45) is 0.819. The Bertz CT molecular complexity index is 439. The number of aromatic nitrogens is 2. The summed E-state index contributed by atoms with van der Waals surface area (Å²) < 4.78 is 0. The van der Waals surface area contributed by atoms with Crippen LogP contribution in [0.3, 0.4) is 0 Å². The van der Waals surface area contributed by atoms with Gasteiger partial charge >= 0.3 is 0 Å². The smallest absolute Gasteiger partial charge is 0.124 e. The van der Waals surface area contributed by atoms with Crippen LogP contribution in [0.4, 0.5) is 0 Å². The molecule has 0 bridgehead atoms. The molecule has 2 aromatic rings. The van der Waals surface area contributed by atoms with Crippen molar-refractivity contribution in [2.45, 2.75) is 19.3 Å². The molecule has 0 aliphatic carbocycles. The molecule has 0 saturated heterocycles. The molecule has 1 aromatic heterocycles. The number of rotatable bonds is 4. The van der Waals surface area contributed by atoms with Gasteiger partial charge in [0.15, 0.2) is 0 Å². The van der Waals surface area contributed by atoms with E-state index in [-0.39, 0.29) is 0 Å². The molecule has 0 amide bonds. The monoisotopic (exact) mass is 233 g/mol. The van der Waals surface area contributed by atoms with Crippen LogP contribution in [0.1, 0.15) is 28.4 Å². The first-order valence-electron chi connectivity index (χ1n) is 5.38. The molecule has 1 heterocycles. The van der Waals surface area contributed by atoms with Crippen LogP contribution in [0.15, 0.2) is 30.3 Å². The SMILES string of the molecule is CC(c1ccccc1)c1nnc(CCN)s1. The maximum Gasteiger partial charge on any atom is 0.124 e. The van der Waals surface area contributed by atoms with Crippen molar-refractivity contribution in [3.63, 3.8) is 0 Å². The Hall–Kier alpha value is -1.26. The molecule has 0 spiro atoms. The minimum absolute atomic E-state index is 0.310. The molecule has 4 heteroatoms. The number of nitrogens with zero attached hydrogens (tertiary/aromatic N) is 2. The lowest BCUT2D eigenvalue weighted by Gasteiger charge is -2.06. The maximum absolute atomic E-state index is 5.50. The van der Waals surface area contributed by atoms with Crippen molar-refractivity contribution in [2.24, 2.45) is 5.73 Å². The molecule has 16 heavy (non-hydrogen) atoms. The van der Waals surface area contributed by atoms with E-state index in [4.69, 9.17) is 5.73 Å². The third-order valence-corrected chi connectivity index (χ3v) is 3.68. The molecule has 1 aromatic carbocycles.